The Bertz CT molecular complexity index is 1100. The van der Waals surface area contributed by atoms with Crippen molar-refractivity contribution >= 4 is 22.4 Å². The number of rotatable bonds is 6. The summed E-state index contributed by atoms with van der Waals surface area (Å²) in [6.45, 7) is 7.00. The Morgan fingerprint density at radius 3 is 2.52 bits per heavy atom. The highest BCUT2D eigenvalue weighted by Crippen LogP contribution is 2.37. The number of aliphatic imine (C=N–C) groups is 1. The number of nitrogens with one attached hydrogen (secondary N) is 1. The second-order valence-electron chi connectivity index (χ2n) is 7.28. The fourth-order valence-corrected chi connectivity index (χ4v) is 3.81. The van der Waals surface area contributed by atoms with Crippen molar-refractivity contribution in [2.75, 3.05) is 12.4 Å². The van der Waals surface area contributed by atoms with Gasteiger partial charge in [-0.05, 0) is 43.5 Å². The standard InChI is InChI=1S/C24H26N4O/c1-5-19-21(15(2)16(3)26-19)24-27-22-18(12-9-13-20(22)29-4)23(28-24)25-14-17-10-7-6-8-11-17/h6-13,21H,5,14H2,1-4H3,(H,25,27,28). The second kappa shape index (κ2) is 8.03. The number of hydrogen-bond donors (Lipinski definition) is 1. The summed E-state index contributed by atoms with van der Waals surface area (Å²) in [5, 5.41) is 4.47. The predicted octanol–water partition coefficient (Wildman–Crippen LogP) is 5.49. The maximum atomic E-state index is 5.60. The van der Waals surface area contributed by atoms with Gasteiger partial charge in [0.15, 0.2) is 0 Å². The number of aromatic nitrogens is 2. The molecule has 1 atom stereocenters. The van der Waals surface area contributed by atoms with E-state index in [1.807, 2.05) is 36.4 Å². The summed E-state index contributed by atoms with van der Waals surface area (Å²) >= 11 is 0. The molecule has 0 radical (unpaired) electrons. The lowest BCUT2D eigenvalue weighted by atomic mass is 9.94. The molecule has 1 N–H and O–H groups in total. The molecule has 5 heteroatoms. The van der Waals surface area contributed by atoms with Crippen LogP contribution >= 0.6 is 0 Å². The zero-order chi connectivity index (χ0) is 20.4. The first kappa shape index (κ1) is 19.1. The summed E-state index contributed by atoms with van der Waals surface area (Å²) in [5.41, 5.74) is 5.42. The van der Waals surface area contributed by atoms with Crippen LogP contribution < -0.4 is 10.1 Å². The first-order chi connectivity index (χ1) is 14.1. The summed E-state index contributed by atoms with van der Waals surface area (Å²) in [4.78, 5) is 14.7. The number of anilines is 1. The molecule has 1 aromatic heterocycles. The number of methoxy groups -OCH3 is 1. The molecule has 0 spiro atoms. The van der Waals surface area contributed by atoms with E-state index in [1.54, 1.807) is 7.11 Å². The number of ether oxygens (including phenoxy) is 1. The molecule has 1 aliphatic rings. The fourth-order valence-electron chi connectivity index (χ4n) is 3.81. The molecule has 4 rings (SSSR count). The van der Waals surface area contributed by atoms with Gasteiger partial charge in [-0.15, -0.1) is 0 Å². The Balaban J connectivity index is 1.82. The number of hydrogen-bond acceptors (Lipinski definition) is 5. The lowest BCUT2D eigenvalue weighted by Crippen LogP contribution is -2.15. The predicted molar refractivity (Wildman–Crippen MR) is 119 cm³/mol. The van der Waals surface area contributed by atoms with Gasteiger partial charge >= 0.3 is 0 Å². The van der Waals surface area contributed by atoms with Crippen molar-refractivity contribution in [3.8, 4) is 5.75 Å². The third kappa shape index (κ3) is 3.60. The van der Waals surface area contributed by atoms with E-state index in [1.165, 1.54) is 11.1 Å². The summed E-state index contributed by atoms with van der Waals surface area (Å²) in [5.74, 6) is 2.36. The molecule has 148 valence electrons. The van der Waals surface area contributed by atoms with Crippen molar-refractivity contribution in [3.05, 3.63) is 71.2 Å². The van der Waals surface area contributed by atoms with Gasteiger partial charge in [0.1, 0.15) is 22.9 Å². The molecule has 3 aromatic rings. The van der Waals surface area contributed by atoms with Gasteiger partial charge in [-0.2, -0.15) is 0 Å². The minimum atomic E-state index is 0.0200. The van der Waals surface area contributed by atoms with Gasteiger partial charge in [-0.1, -0.05) is 43.3 Å². The van der Waals surface area contributed by atoms with Crippen molar-refractivity contribution in [1.82, 2.24) is 9.97 Å². The highest BCUT2D eigenvalue weighted by Gasteiger charge is 2.29. The van der Waals surface area contributed by atoms with E-state index in [0.29, 0.717) is 6.54 Å². The van der Waals surface area contributed by atoms with E-state index in [4.69, 9.17) is 19.7 Å². The van der Waals surface area contributed by atoms with Gasteiger partial charge in [0.25, 0.3) is 0 Å². The number of para-hydroxylation sites is 1. The quantitative estimate of drug-likeness (QED) is 0.608. The average molecular weight is 386 g/mol. The molecule has 2 heterocycles. The van der Waals surface area contributed by atoms with Crippen molar-refractivity contribution < 1.29 is 4.74 Å². The summed E-state index contributed by atoms with van der Waals surface area (Å²) in [6.07, 6.45) is 0.874. The maximum absolute atomic E-state index is 5.60. The summed E-state index contributed by atoms with van der Waals surface area (Å²) in [7, 11) is 1.68. The number of benzene rings is 2. The molecule has 5 nitrogen and oxygen atoms in total. The monoisotopic (exact) mass is 386 g/mol. The molecule has 0 amide bonds. The third-order valence-electron chi connectivity index (χ3n) is 5.50. The third-order valence-corrected chi connectivity index (χ3v) is 5.50. The number of nitrogens with zero attached hydrogens (tertiary/aromatic N) is 3. The molecular formula is C24H26N4O. The van der Waals surface area contributed by atoms with Crippen LogP contribution in [0.5, 0.6) is 5.75 Å². The van der Waals surface area contributed by atoms with Gasteiger partial charge in [0.2, 0.25) is 0 Å². The molecule has 0 aliphatic carbocycles. The molecule has 0 saturated heterocycles. The van der Waals surface area contributed by atoms with Crippen molar-refractivity contribution in [2.24, 2.45) is 4.99 Å². The van der Waals surface area contributed by atoms with E-state index < -0.39 is 0 Å². The topological polar surface area (TPSA) is 59.4 Å². The van der Waals surface area contributed by atoms with Crippen LogP contribution in [0.2, 0.25) is 0 Å². The Morgan fingerprint density at radius 2 is 1.79 bits per heavy atom. The molecule has 0 saturated carbocycles. The van der Waals surface area contributed by atoms with E-state index >= 15 is 0 Å². The summed E-state index contributed by atoms with van der Waals surface area (Å²) < 4.78 is 5.60. The van der Waals surface area contributed by atoms with E-state index in [-0.39, 0.29) is 5.92 Å². The fraction of sp³-hybridized carbons (Fsp3) is 0.292. The van der Waals surface area contributed by atoms with Crippen LogP contribution in [0.4, 0.5) is 5.82 Å². The minimum Gasteiger partial charge on any atom is -0.494 e. The second-order valence-corrected chi connectivity index (χ2v) is 7.28. The highest BCUT2D eigenvalue weighted by molar-refractivity contribution is 5.98. The van der Waals surface area contributed by atoms with Crippen molar-refractivity contribution in [2.45, 2.75) is 39.7 Å². The van der Waals surface area contributed by atoms with Crippen molar-refractivity contribution in [3.63, 3.8) is 0 Å². The average Bonchev–Trinajstić information content (AvgIpc) is 3.05. The van der Waals surface area contributed by atoms with Crippen LogP contribution in [0.15, 0.2) is 64.8 Å². The van der Waals surface area contributed by atoms with Gasteiger partial charge in [-0.3, -0.25) is 4.99 Å². The van der Waals surface area contributed by atoms with E-state index in [0.717, 1.165) is 46.1 Å². The molecule has 1 aliphatic heterocycles. The normalized spacial score (nSPS) is 16.3. The highest BCUT2D eigenvalue weighted by atomic mass is 16.5. The number of allylic oxidation sites excluding steroid dienone is 2. The maximum Gasteiger partial charge on any atom is 0.145 e. The van der Waals surface area contributed by atoms with Crippen LogP contribution in [0, 0.1) is 0 Å². The Hall–Kier alpha value is -3.21. The van der Waals surface area contributed by atoms with E-state index in [9.17, 15) is 0 Å². The van der Waals surface area contributed by atoms with Crippen LogP contribution in [0.1, 0.15) is 44.5 Å². The first-order valence-corrected chi connectivity index (χ1v) is 9.99. The zero-order valence-corrected chi connectivity index (χ0v) is 17.4. The van der Waals surface area contributed by atoms with Crippen LogP contribution in [0.3, 0.4) is 0 Å². The number of fused-ring (bicyclic) bond motifs is 1. The molecule has 29 heavy (non-hydrogen) atoms. The van der Waals surface area contributed by atoms with Crippen LogP contribution in [0.25, 0.3) is 10.9 Å². The van der Waals surface area contributed by atoms with Gasteiger partial charge in [0, 0.05) is 23.3 Å². The van der Waals surface area contributed by atoms with Gasteiger partial charge in [0.05, 0.1) is 13.0 Å². The molecule has 0 fully saturated rings. The molecule has 1 unspecified atom stereocenters. The largest absolute Gasteiger partial charge is 0.494 e. The SMILES string of the molecule is CCC1=NC(C)=C(C)C1c1nc(NCc2ccccc2)c2cccc(OC)c2n1. The summed E-state index contributed by atoms with van der Waals surface area (Å²) in [6, 6.07) is 16.3. The van der Waals surface area contributed by atoms with Gasteiger partial charge < -0.3 is 10.1 Å². The lowest BCUT2D eigenvalue weighted by Gasteiger charge is -2.17. The Labute approximate surface area is 171 Å². The minimum absolute atomic E-state index is 0.0200. The van der Waals surface area contributed by atoms with Crippen LogP contribution in [-0.4, -0.2) is 22.8 Å². The van der Waals surface area contributed by atoms with Gasteiger partial charge in [-0.25, -0.2) is 9.97 Å². The zero-order valence-electron chi connectivity index (χ0n) is 17.4. The van der Waals surface area contributed by atoms with E-state index in [2.05, 4.69) is 38.2 Å². The smallest absolute Gasteiger partial charge is 0.145 e. The van der Waals surface area contributed by atoms with Crippen molar-refractivity contribution in [1.29, 1.82) is 0 Å². The molecular weight excluding hydrogens is 360 g/mol. The lowest BCUT2D eigenvalue weighted by molar-refractivity contribution is 0.418. The molecule has 2 aromatic carbocycles. The Morgan fingerprint density at radius 1 is 1.00 bits per heavy atom. The first-order valence-electron chi connectivity index (χ1n) is 9.99. The molecule has 0 bridgehead atoms. The van der Waals surface area contributed by atoms with Crippen LogP contribution in [-0.2, 0) is 6.54 Å². The Kier molecular flexibility index (Phi) is 5.30.